The number of rotatable bonds is 10. The number of nitrogens with zero attached hydrogens (tertiary/aromatic N) is 1. The highest BCUT2D eigenvalue weighted by Gasteiger charge is 2.22. The maximum absolute atomic E-state index is 6.05. The van der Waals surface area contributed by atoms with Gasteiger partial charge in [-0.2, -0.15) is 0 Å². The van der Waals surface area contributed by atoms with E-state index >= 15 is 0 Å². The molecule has 152 valence electrons. The second kappa shape index (κ2) is 10.7. The normalized spacial score (nSPS) is 17.0. The molecule has 0 radical (unpaired) electrons. The summed E-state index contributed by atoms with van der Waals surface area (Å²) >= 11 is 6.05. The van der Waals surface area contributed by atoms with Crippen molar-refractivity contribution >= 4 is 11.6 Å². The van der Waals surface area contributed by atoms with Gasteiger partial charge in [0.1, 0.15) is 6.61 Å². The standard InChI is InChI=1S/C23H31ClN2O2/c1-3-26-12-6-9-21(26)16-25-15-18-10-11-22(23(14-18)27-4-2)28-17-19-7-5-8-20(24)13-19/h5,7-8,10-11,13-14,21,25H,3-4,6,9,12,15-17H2,1-2H3/t21-/m1/s1. The van der Waals surface area contributed by atoms with Crippen molar-refractivity contribution in [1.29, 1.82) is 0 Å². The molecule has 1 atom stereocenters. The van der Waals surface area contributed by atoms with Gasteiger partial charge in [0.2, 0.25) is 0 Å². The third-order valence-corrected chi connectivity index (χ3v) is 5.44. The van der Waals surface area contributed by atoms with Crippen LogP contribution in [0.1, 0.15) is 37.8 Å². The van der Waals surface area contributed by atoms with Gasteiger partial charge in [-0.3, -0.25) is 4.90 Å². The summed E-state index contributed by atoms with van der Waals surface area (Å²) < 4.78 is 11.8. The van der Waals surface area contributed by atoms with Crippen LogP contribution < -0.4 is 14.8 Å². The largest absolute Gasteiger partial charge is 0.490 e. The minimum absolute atomic E-state index is 0.465. The predicted molar refractivity (Wildman–Crippen MR) is 115 cm³/mol. The summed E-state index contributed by atoms with van der Waals surface area (Å²) in [6.07, 6.45) is 2.61. The molecule has 1 fully saturated rings. The molecule has 1 N–H and O–H groups in total. The molecule has 2 aromatic carbocycles. The van der Waals surface area contributed by atoms with Crippen LogP contribution in [0.5, 0.6) is 11.5 Å². The Labute approximate surface area is 173 Å². The van der Waals surface area contributed by atoms with Crippen LogP contribution in [-0.2, 0) is 13.2 Å². The van der Waals surface area contributed by atoms with Crippen molar-refractivity contribution in [2.45, 2.75) is 45.9 Å². The van der Waals surface area contributed by atoms with Gasteiger partial charge in [0.05, 0.1) is 6.61 Å². The van der Waals surface area contributed by atoms with Gasteiger partial charge in [-0.15, -0.1) is 0 Å². The van der Waals surface area contributed by atoms with E-state index in [1.165, 1.54) is 24.9 Å². The molecule has 1 heterocycles. The quantitative estimate of drug-likeness (QED) is 0.613. The van der Waals surface area contributed by atoms with Crippen LogP contribution in [0.15, 0.2) is 42.5 Å². The fourth-order valence-corrected chi connectivity index (χ4v) is 3.98. The van der Waals surface area contributed by atoms with Gasteiger partial charge in [-0.25, -0.2) is 0 Å². The maximum atomic E-state index is 6.05. The fourth-order valence-electron chi connectivity index (χ4n) is 3.76. The third kappa shape index (κ3) is 5.87. The molecule has 0 amide bonds. The van der Waals surface area contributed by atoms with E-state index in [0.29, 0.717) is 19.3 Å². The van der Waals surface area contributed by atoms with Crippen LogP contribution in [0.3, 0.4) is 0 Å². The smallest absolute Gasteiger partial charge is 0.161 e. The minimum Gasteiger partial charge on any atom is -0.490 e. The first-order valence-electron chi connectivity index (χ1n) is 10.3. The fraction of sp³-hybridized carbons (Fsp3) is 0.478. The first-order valence-corrected chi connectivity index (χ1v) is 10.6. The number of likely N-dealkylation sites (tertiary alicyclic amines) is 1. The van der Waals surface area contributed by atoms with Crippen molar-refractivity contribution in [2.24, 2.45) is 0 Å². The van der Waals surface area contributed by atoms with Gasteiger partial charge in [-0.05, 0) is 68.2 Å². The van der Waals surface area contributed by atoms with Crippen molar-refractivity contribution in [3.8, 4) is 11.5 Å². The number of hydrogen-bond acceptors (Lipinski definition) is 4. The lowest BCUT2D eigenvalue weighted by molar-refractivity contribution is 0.259. The van der Waals surface area contributed by atoms with Gasteiger partial charge in [0, 0.05) is 24.2 Å². The van der Waals surface area contributed by atoms with Crippen LogP contribution in [0.4, 0.5) is 0 Å². The summed E-state index contributed by atoms with van der Waals surface area (Å²) in [5.74, 6) is 1.55. The summed E-state index contributed by atoms with van der Waals surface area (Å²) in [7, 11) is 0. The van der Waals surface area contributed by atoms with Gasteiger partial charge in [-0.1, -0.05) is 36.7 Å². The van der Waals surface area contributed by atoms with E-state index < -0.39 is 0 Å². The van der Waals surface area contributed by atoms with Crippen LogP contribution in [0.2, 0.25) is 5.02 Å². The first kappa shape index (κ1) is 21.0. The molecule has 1 aliphatic rings. The zero-order valence-corrected chi connectivity index (χ0v) is 17.7. The molecule has 2 aromatic rings. The highest BCUT2D eigenvalue weighted by molar-refractivity contribution is 6.30. The van der Waals surface area contributed by atoms with Crippen molar-refractivity contribution in [2.75, 3.05) is 26.2 Å². The van der Waals surface area contributed by atoms with Gasteiger partial charge in [0.15, 0.2) is 11.5 Å². The second-order valence-electron chi connectivity index (χ2n) is 7.19. The molecule has 1 saturated heterocycles. The van der Waals surface area contributed by atoms with Crippen molar-refractivity contribution in [1.82, 2.24) is 10.2 Å². The average Bonchev–Trinajstić information content (AvgIpc) is 3.15. The molecule has 0 bridgehead atoms. The summed E-state index contributed by atoms with van der Waals surface area (Å²) in [5, 5.41) is 4.33. The Balaban J connectivity index is 1.57. The summed E-state index contributed by atoms with van der Waals surface area (Å²) in [6.45, 7) is 9.55. The lowest BCUT2D eigenvalue weighted by Gasteiger charge is -2.23. The van der Waals surface area contributed by atoms with E-state index in [2.05, 4.69) is 29.3 Å². The van der Waals surface area contributed by atoms with Crippen LogP contribution in [0, 0.1) is 0 Å². The van der Waals surface area contributed by atoms with E-state index in [1.54, 1.807) is 0 Å². The van der Waals surface area contributed by atoms with Crippen LogP contribution in [-0.4, -0.2) is 37.2 Å². The number of ether oxygens (including phenoxy) is 2. The van der Waals surface area contributed by atoms with Crippen LogP contribution in [0.25, 0.3) is 0 Å². The zero-order chi connectivity index (χ0) is 19.8. The van der Waals surface area contributed by atoms with E-state index in [9.17, 15) is 0 Å². The third-order valence-electron chi connectivity index (χ3n) is 5.21. The Morgan fingerprint density at radius 3 is 2.75 bits per heavy atom. The Morgan fingerprint density at radius 2 is 1.96 bits per heavy atom. The molecule has 28 heavy (non-hydrogen) atoms. The van der Waals surface area contributed by atoms with E-state index in [-0.39, 0.29) is 0 Å². The van der Waals surface area contributed by atoms with Crippen molar-refractivity contribution in [3.05, 3.63) is 58.6 Å². The molecule has 4 nitrogen and oxygen atoms in total. The summed E-state index contributed by atoms with van der Waals surface area (Å²) in [4.78, 5) is 2.56. The van der Waals surface area contributed by atoms with E-state index in [4.69, 9.17) is 21.1 Å². The molecular weight excluding hydrogens is 372 g/mol. The monoisotopic (exact) mass is 402 g/mol. The Bertz CT molecular complexity index is 753. The Kier molecular flexibility index (Phi) is 8.01. The number of halogens is 1. The molecule has 1 aliphatic heterocycles. The van der Waals surface area contributed by atoms with Gasteiger partial charge >= 0.3 is 0 Å². The highest BCUT2D eigenvalue weighted by Crippen LogP contribution is 2.29. The highest BCUT2D eigenvalue weighted by atomic mass is 35.5. The lowest BCUT2D eigenvalue weighted by Crippen LogP contribution is -2.37. The minimum atomic E-state index is 0.465. The number of nitrogens with one attached hydrogen (secondary N) is 1. The van der Waals surface area contributed by atoms with Crippen molar-refractivity contribution in [3.63, 3.8) is 0 Å². The molecule has 0 aliphatic carbocycles. The zero-order valence-electron chi connectivity index (χ0n) is 16.9. The molecule has 3 rings (SSSR count). The van der Waals surface area contributed by atoms with E-state index in [0.717, 1.165) is 41.7 Å². The molecule has 0 aromatic heterocycles. The Morgan fingerprint density at radius 1 is 1.07 bits per heavy atom. The van der Waals surface area contributed by atoms with Gasteiger partial charge in [0.25, 0.3) is 0 Å². The topological polar surface area (TPSA) is 33.7 Å². The predicted octanol–water partition coefficient (Wildman–Crippen LogP) is 4.89. The lowest BCUT2D eigenvalue weighted by atomic mass is 10.1. The first-order chi connectivity index (χ1) is 13.7. The summed E-state index contributed by atoms with van der Waals surface area (Å²) in [6, 6.07) is 14.6. The molecule has 0 spiro atoms. The van der Waals surface area contributed by atoms with Crippen molar-refractivity contribution < 1.29 is 9.47 Å². The van der Waals surface area contributed by atoms with E-state index in [1.807, 2.05) is 37.3 Å². The number of likely N-dealkylation sites (N-methyl/N-ethyl adjacent to an activating group) is 1. The maximum Gasteiger partial charge on any atom is 0.161 e. The second-order valence-corrected chi connectivity index (χ2v) is 7.62. The number of hydrogen-bond donors (Lipinski definition) is 1. The van der Waals surface area contributed by atoms with Crippen LogP contribution >= 0.6 is 11.6 Å². The molecule has 5 heteroatoms. The summed E-state index contributed by atoms with van der Waals surface area (Å²) in [5.41, 5.74) is 2.25. The Hall–Kier alpha value is -1.75. The molecule has 0 unspecified atom stereocenters. The molecular formula is C23H31ClN2O2. The average molecular weight is 403 g/mol. The SMILES string of the molecule is CCOc1cc(CNC[C@H]2CCCN2CC)ccc1OCc1cccc(Cl)c1. The molecule has 0 saturated carbocycles. The number of benzene rings is 2. The van der Waals surface area contributed by atoms with Gasteiger partial charge < -0.3 is 14.8 Å².